The van der Waals surface area contributed by atoms with Crippen molar-refractivity contribution in [3.8, 4) is 0 Å². The molecular formula is C79H88Cl4FN15O5S. The molecule has 105 heavy (non-hydrogen) atoms. The van der Waals surface area contributed by atoms with Crippen LogP contribution < -0.4 is 0 Å². The molecule has 0 spiro atoms. The van der Waals surface area contributed by atoms with Gasteiger partial charge in [-0.25, -0.2) is 29.3 Å². The van der Waals surface area contributed by atoms with E-state index in [2.05, 4.69) is 110 Å². The molecule has 0 N–H and O–H groups in total. The molecule has 11 heterocycles. The average Bonchev–Trinajstić information content (AvgIpc) is 1.56. The molecule has 6 aromatic heterocycles. The second-order valence-electron chi connectivity index (χ2n) is 28.9. The van der Waals surface area contributed by atoms with E-state index in [9.17, 15) is 28.4 Å². The highest BCUT2D eigenvalue weighted by molar-refractivity contribution is 7.16. The number of benzene rings is 4. The van der Waals surface area contributed by atoms with Crippen molar-refractivity contribution in [1.29, 1.82) is 0 Å². The van der Waals surface area contributed by atoms with E-state index in [0.717, 1.165) is 89.1 Å². The molecule has 4 aromatic carbocycles. The highest BCUT2D eigenvalue weighted by Gasteiger charge is 2.51. The molecule has 550 valence electrons. The number of carbonyl (C=O) groups excluding carboxylic acids is 5. The Kier molecular flexibility index (Phi) is 21.0. The molecule has 10 aromatic rings. The Balaban J connectivity index is 0.000000123. The van der Waals surface area contributed by atoms with Crippen molar-refractivity contribution >= 4 is 87.3 Å². The second kappa shape index (κ2) is 29.1. The second-order valence-corrected chi connectivity index (χ2v) is 32.0. The van der Waals surface area contributed by atoms with E-state index in [1.165, 1.54) is 36.3 Å². The van der Waals surface area contributed by atoms with Crippen LogP contribution in [0, 0.1) is 40.4 Å². The van der Waals surface area contributed by atoms with Crippen molar-refractivity contribution in [2.45, 2.75) is 170 Å². The zero-order chi connectivity index (χ0) is 76.2. The van der Waals surface area contributed by atoms with E-state index in [-0.39, 0.29) is 83.7 Å². The number of rotatable bonds is 10. The molecule has 5 unspecified atom stereocenters. The first-order chi connectivity index (χ1) is 49.6. The minimum absolute atomic E-state index is 0.00690. The fourth-order valence-electron chi connectivity index (χ4n) is 15.8. The van der Waals surface area contributed by atoms with Crippen molar-refractivity contribution < 1.29 is 28.4 Å². The first-order valence-corrected chi connectivity index (χ1v) is 37.5. The number of hydrogen-bond acceptors (Lipinski definition) is 11. The molecule has 5 aliphatic heterocycles. The van der Waals surface area contributed by atoms with Crippen molar-refractivity contribution in [3.05, 3.63) is 248 Å². The van der Waals surface area contributed by atoms with E-state index >= 15 is 0 Å². The molecule has 20 nitrogen and oxygen atoms in total. The third-order valence-electron chi connectivity index (χ3n) is 20.7. The topological polar surface area (TPSA) is 191 Å². The van der Waals surface area contributed by atoms with Crippen molar-refractivity contribution in [2.24, 2.45) is 0 Å². The number of aryl methyl sites for hydroxylation is 5. The van der Waals surface area contributed by atoms with Crippen LogP contribution in [0.2, 0.25) is 19.4 Å². The van der Waals surface area contributed by atoms with Crippen molar-refractivity contribution in [2.75, 3.05) is 35.2 Å². The van der Waals surface area contributed by atoms with Crippen LogP contribution in [0.15, 0.2) is 109 Å². The molecule has 0 bridgehead atoms. The molecule has 16 rings (SSSR count). The Labute approximate surface area is 636 Å². The first kappa shape index (κ1) is 75.7. The number of nitrogens with zero attached hydrogens (tertiary/aromatic N) is 15. The monoisotopic (exact) mass is 1520 g/mol. The summed E-state index contributed by atoms with van der Waals surface area (Å²) >= 11 is 25.5. The Morgan fingerprint density at radius 1 is 0.410 bits per heavy atom. The lowest BCUT2D eigenvalue weighted by Gasteiger charge is -2.35. The quantitative estimate of drug-likeness (QED) is 0.127. The lowest BCUT2D eigenvalue weighted by Crippen LogP contribution is -2.41. The summed E-state index contributed by atoms with van der Waals surface area (Å²) in [7, 11) is 9.08. The third kappa shape index (κ3) is 13.3. The number of aromatic nitrogens is 10. The number of amides is 5. The van der Waals surface area contributed by atoms with E-state index in [1.54, 1.807) is 43.7 Å². The zero-order valence-corrected chi connectivity index (χ0v) is 66.4. The van der Waals surface area contributed by atoms with Crippen LogP contribution in [-0.4, -0.2) is 137 Å². The molecule has 1 fully saturated rings. The average molecular weight is 1520 g/mol. The minimum atomic E-state index is -0.539. The number of thiophene rings is 1. The van der Waals surface area contributed by atoms with Gasteiger partial charge >= 0.3 is 0 Å². The van der Waals surface area contributed by atoms with Gasteiger partial charge in [0.25, 0.3) is 29.5 Å². The van der Waals surface area contributed by atoms with Crippen LogP contribution in [0.25, 0.3) is 0 Å². The molecule has 1 aliphatic carbocycles. The van der Waals surface area contributed by atoms with Crippen LogP contribution in [0.1, 0.15) is 267 Å². The van der Waals surface area contributed by atoms with E-state index in [1.807, 2.05) is 148 Å². The van der Waals surface area contributed by atoms with E-state index in [0.29, 0.717) is 49.6 Å². The van der Waals surface area contributed by atoms with Crippen LogP contribution >= 0.6 is 57.7 Å². The lowest BCUT2D eigenvalue weighted by atomic mass is 9.88. The summed E-state index contributed by atoms with van der Waals surface area (Å²) in [6.07, 6.45) is 2.35. The summed E-state index contributed by atoms with van der Waals surface area (Å²) < 4.78 is 24.7. The summed E-state index contributed by atoms with van der Waals surface area (Å²) in [6.45, 7) is 28.6. The van der Waals surface area contributed by atoms with Gasteiger partial charge in [0.15, 0.2) is 28.5 Å². The molecule has 0 radical (unpaired) electrons. The highest BCUT2D eigenvalue weighted by atomic mass is 35.5. The van der Waals surface area contributed by atoms with Crippen LogP contribution in [0.3, 0.4) is 0 Å². The first-order valence-electron chi connectivity index (χ1n) is 35.2. The summed E-state index contributed by atoms with van der Waals surface area (Å²) in [5, 5.41) is 2.09. The van der Waals surface area contributed by atoms with Crippen molar-refractivity contribution in [3.63, 3.8) is 0 Å². The Morgan fingerprint density at radius 3 is 1.10 bits per heavy atom. The number of imidazole rings is 5. The predicted molar refractivity (Wildman–Crippen MR) is 409 cm³/mol. The third-order valence-corrected chi connectivity index (χ3v) is 22.7. The zero-order valence-electron chi connectivity index (χ0n) is 62.6. The fraction of sp³-hybridized carbons (Fsp3) is 0.392. The standard InChI is InChI=1S/C17H20ClN3O.C16H16ClN3O.C16H18ClN3O.C16H18FN3O.C14H16ClN3OS/c1-10(2)21-11(3)19-14-15(21)17(4,20(5)16(14)22)12-6-8-13(18)9-7-12;1-9-18-13-15(20(9)12-7-8-12)14(19(2)16(13)21)10-3-5-11(17)6-4-10;2*1-9(2)20-10(3)18-13-15(20)14(19(4)16(13)21)11-5-7-12(17)8-6-11;1-7(2)18-8(3)16-11-13(18)12(17(4)14(11)19)9-5-6-10(15)20-9/h6-10H,1-5H3;3-6,12,14H,7-8H2,1-2H3;2*5-9,14H,1-4H3;5-7,12H,1-4H3. The molecule has 0 saturated heterocycles. The number of halogens is 5. The highest BCUT2D eigenvalue weighted by Crippen LogP contribution is 2.49. The number of hydrogen-bond donors (Lipinski definition) is 0. The molecule has 5 amide bonds. The molecule has 1 saturated carbocycles. The smallest absolute Gasteiger partial charge is 0.275 e. The van der Waals surface area contributed by atoms with Gasteiger partial charge in [0.2, 0.25) is 0 Å². The van der Waals surface area contributed by atoms with Gasteiger partial charge in [0.05, 0.1) is 50.9 Å². The van der Waals surface area contributed by atoms with Gasteiger partial charge in [-0.3, -0.25) is 24.0 Å². The van der Waals surface area contributed by atoms with Crippen LogP contribution in [0.4, 0.5) is 4.39 Å². The van der Waals surface area contributed by atoms with Gasteiger partial charge in [-0.15, -0.1) is 11.3 Å². The predicted octanol–water partition coefficient (Wildman–Crippen LogP) is 17.5. The summed E-state index contributed by atoms with van der Waals surface area (Å²) in [5.41, 5.74) is 11.3. The molecule has 26 heteroatoms. The van der Waals surface area contributed by atoms with Crippen LogP contribution in [-0.2, 0) is 5.54 Å². The summed E-state index contributed by atoms with van der Waals surface area (Å²) in [4.78, 5) is 94.6. The Bertz CT molecular complexity index is 4740. The van der Waals surface area contributed by atoms with Gasteiger partial charge in [-0.05, 0) is 193 Å². The largest absolute Gasteiger partial charge is 0.328 e. The van der Waals surface area contributed by atoms with E-state index < -0.39 is 5.54 Å². The maximum absolute atomic E-state index is 13.2. The van der Waals surface area contributed by atoms with Gasteiger partial charge in [-0.2, -0.15) is 0 Å². The molecule has 6 aliphatic rings. The Morgan fingerprint density at radius 2 is 0.733 bits per heavy atom. The van der Waals surface area contributed by atoms with Gasteiger partial charge in [0.1, 0.15) is 46.5 Å². The summed E-state index contributed by atoms with van der Waals surface area (Å²) in [6, 6.07) is 34.3. The van der Waals surface area contributed by atoms with Crippen molar-refractivity contribution in [1.82, 2.24) is 72.3 Å². The van der Waals surface area contributed by atoms with Gasteiger partial charge < -0.3 is 47.3 Å². The van der Waals surface area contributed by atoms with E-state index in [4.69, 9.17) is 46.4 Å². The lowest BCUT2D eigenvalue weighted by molar-refractivity contribution is 0.0701. The van der Waals surface area contributed by atoms with Crippen LogP contribution in [0.5, 0.6) is 0 Å². The summed E-state index contributed by atoms with van der Waals surface area (Å²) in [5.74, 6) is 4.01. The molecule has 5 atom stereocenters. The SMILES string of the molecule is Cc1nc2c(n1C(C)C)C(C)(c1ccc(Cl)cc1)N(C)C2=O.Cc1nc2c(n1C(C)C)C(c1ccc(Cl)cc1)N(C)C2=O.Cc1nc2c(n1C(C)C)C(c1ccc(Cl)s1)N(C)C2=O.Cc1nc2c(n1C(C)C)C(c1ccc(F)cc1)N(C)C2=O.Cc1nc2c(n1C1CC1)C(c1ccc(Cl)cc1)N(C)C2=O. The maximum atomic E-state index is 13.2. The normalized spacial score (nSPS) is 19.1. The molecular weight excluding hydrogens is 1430 g/mol. The fourth-order valence-corrected chi connectivity index (χ4v) is 17.4. The van der Waals surface area contributed by atoms with Gasteiger partial charge in [0, 0.05) is 85.4 Å². The Hall–Kier alpha value is -8.93. The number of carbonyl (C=O) groups is 5. The minimum Gasteiger partial charge on any atom is -0.328 e. The number of fused-ring (bicyclic) bond motifs is 5. The maximum Gasteiger partial charge on any atom is 0.275 e. The van der Waals surface area contributed by atoms with Gasteiger partial charge in [-0.1, -0.05) is 94.9 Å².